The number of rotatable bonds is 1. The van der Waals surface area contributed by atoms with Crippen molar-refractivity contribution in [2.45, 2.75) is 18.9 Å². The molecule has 17 heavy (non-hydrogen) atoms. The normalized spacial score (nSPS) is 20.4. The van der Waals surface area contributed by atoms with E-state index in [1.54, 1.807) is 17.0 Å². The first-order chi connectivity index (χ1) is 8.08. The van der Waals surface area contributed by atoms with Gasteiger partial charge < -0.3 is 10.0 Å². The van der Waals surface area contributed by atoms with E-state index in [0.29, 0.717) is 23.7 Å². The summed E-state index contributed by atoms with van der Waals surface area (Å²) in [7, 11) is 0. The maximum atomic E-state index is 12.3. The van der Waals surface area contributed by atoms with E-state index in [1.807, 2.05) is 6.07 Å². The van der Waals surface area contributed by atoms with E-state index >= 15 is 0 Å². The lowest BCUT2D eigenvalue weighted by Gasteiger charge is -2.30. The molecule has 2 rings (SSSR count). The molecule has 0 spiro atoms. The number of aliphatic hydroxyl groups is 1. The molecule has 1 aromatic carbocycles. The maximum absolute atomic E-state index is 12.3. The molecule has 1 amide bonds. The predicted molar refractivity (Wildman–Crippen MR) is 75.3 cm³/mol. The average Bonchev–Trinajstić information content (AvgIpc) is 2.31. The predicted octanol–water partition coefficient (Wildman–Crippen LogP) is 2.54. The van der Waals surface area contributed by atoms with Gasteiger partial charge in [-0.05, 0) is 53.6 Å². The molecule has 1 aromatic rings. The molecule has 0 saturated carbocycles. The fourth-order valence-electron chi connectivity index (χ4n) is 1.97. The SMILES string of the molecule is O=C(c1cc(Cl)ccc1I)N1CCC[C@H](O)C1. The van der Waals surface area contributed by atoms with Crippen LogP contribution in [0.25, 0.3) is 0 Å². The molecule has 0 radical (unpaired) electrons. The summed E-state index contributed by atoms with van der Waals surface area (Å²) < 4.78 is 0.886. The van der Waals surface area contributed by atoms with Crippen LogP contribution in [0.15, 0.2) is 18.2 Å². The molecule has 1 aliphatic rings. The lowest BCUT2D eigenvalue weighted by Crippen LogP contribution is -2.42. The minimum absolute atomic E-state index is 0.0457. The molecular weight excluding hydrogens is 352 g/mol. The van der Waals surface area contributed by atoms with Gasteiger partial charge in [0.2, 0.25) is 0 Å². The van der Waals surface area contributed by atoms with Crippen LogP contribution in [-0.4, -0.2) is 35.1 Å². The van der Waals surface area contributed by atoms with Crippen LogP contribution < -0.4 is 0 Å². The molecule has 1 heterocycles. The lowest BCUT2D eigenvalue weighted by atomic mass is 10.1. The Morgan fingerprint density at radius 3 is 3.00 bits per heavy atom. The fourth-order valence-corrected chi connectivity index (χ4v) is 2.71. The van der Waals surface area contributed by atoms with Crippen molar-refractivity contribution in [3.8, 4) is 0 Å². The number of nitrogens with zero attached hydrogens (tertiary/aromatic N) is 1. The Morgan fingerprint density at radius 1 is 1.53 bits per heavy atom. The molecule has 1 aliphatic heterocycles. The van der Waals surface area contributed by atoms with Gasteiger partial charge in [0.25, 0.3) is 5.91 Å². The van der Waals surface area contributed by atoms with Crippen molar-refractivity contribution in [2.24, 2.45) is 0 Å². The second kappa shape index (κ2) is 5.54. The smallest absolute Gasteiger partial charge is 0.255 e. The third-order valence-corrected chi connectivity index (χ3v) is 4.02. The first-order valence-electron chi connectivity index (χ1n) is 5.50. The minimum Gasteiger partial charge on any atom is -0.391 e. The van der Waals surface area contributed by atoms with Gasteiger partial charge in [-0.2, -0.15) is 0 Å². The standard InChI is InChI=1S/C12H13ClINO2/c13-8-3-4-11(14)10(6-8)12(17)15-5-1-2-9(16)7-15/h3-4,6,9,16H,1-2,5,7H2/t9-/m0/s1. The van der Waals surface area contributed by atoms with Gasteiger partial charge in [-0.15, -0.1) is 0 Å². The van der Waals surface area contributed by atoms with Crippen LogP contribution in [0.3, 0.4) is 0 Å². The summed E-state index contributed by atoms with van der Waals surface area (Å²) in [6.45, 7) is 1.12. The molecular formula is C12H13ClINO2. The number of hydrogen-bond acceptors (Lipinski definition) is 2. The Labute approximate surface area is 119 Å². The Kier molecular flexibility index (Phi) is 4.27. The van der Waals surface area contributed by atoms with E-state index in [1.165, 1.54) is 0 Å². The minimum atomic E-state index is -0.399. The Morgan fingerprint density at radius 2 is 2.29 bits per heavy atom. The highest BCUT2D eigenvalue weighted by atomic mass is 127. The number of hydrogen-bond donors (Lipinski definition) is 1. The van der Waals surface area contributed by atoms with E-state index < -0.39 is 6.10 Å². The largest absolute Gasteiger partial charge is 0.391 e. The van der Waals surface area contributed by atoms with Gasteiger partial charge in [0.15, 0.2) is 0 Å². The van der Waals surface area contributed by atoms with Crippen LogP contribution in [0.2, 0.25) is 5.02 Å². The van der Waals surface area contributed by atoms with E-state index in [4.69, 9.17) is 11.6 Å². The monoisotopic (exact) mass is 365 g/mol. The van der Waals surface area contributed by atoms with Crippen molar-refractivity contribution in [1.82, 2.24) is 4.90 Å². The second-order valence-electron chi connectivity index (χ2n) is 4.17. The molecule has 0 aliphatic carbocycles. The Bertz CT molecular complexity index is 439. The summed E-state index contributed by atoms with van der Waals surface area (Å²) >= 11 is 8.03. The number of piperidine rings is 1. The van der Waals surface area contributed by atoms with Gasteiger partial charge in [-0.3, -0.25) is 4.79 Å². The van der Waals surface area contributed by atoms with Crippen LogP contribution in [0, 0.1) is 3.57 Å². The fraction of sp³-hybridized carbons (Fsp3) is 0.417. The van der Waals surface area contributed by atoms with Gasteiger partial charge in [-0.25, -0.2) is 0 Å². The van der Waals surface area contributed by atoms with Crippen LogP contribution >= 0.6 is 34.2 Å². The van der Waals surface area contributed by atoms with Gasteiger partial charge in [0, 0.05) is 21.7 Å². The summed E-state index contributed by atoms with van der Waals surface area (Å²) in [6, 6.07) is 5.29. The molecule has 1 N–H and O–H groups in total. The first-order valence-corrected chi connectivity index (χ1v) is 6.96. The molecule has 1 atom stereocenters. The highest BCUT2D eigenvalue weighted by Gasteiger charge is 2.24. The quantitative estimate of drug-likeness (QED) is 0.777. The first kappa shape index (κ1) is 13.1. The van der Waals surface area contributed by atoms with Crippen LogP contribution in [0.5, 0.6) is 0 Å². The highest BCUT2D eigenvalue weighted by molar-refractivity contribution is 14.1. The molecule has 0 aromatic heterocycles. The van der Waals surface area contributed by atoms with Gasteiger partial charge in [0.05, 0.1) is 11.7 Å². The number of aliphatic hydroxyl groups excluding tert-OH is 1. The molecule has 0 unspecified atom stereocenters. The van der Waals surface area contributed by atoms with Crippen molar-refractivity contribution in [2.75, 3.05) is 13.1 Å². The van der Waals surface area contributed by atoms with Crippen LogP contribution in [-0.2, 0) is 0 Å². The molecule has 3 nitrogen and oxygen atoms in total. The van der Waals surface area contributed by atoms with Gasteiger partial charge in [-0.1, -0.05) is 11.6 Å². The lowest BCUT2D eigenvalue weighted by molar-refractivity contribution is 0.0473. The number of β-amino-alcohol motifs (C(OH)–C–C–N with tert-alkyl or cyclic N) is 1. The van der Waals surface area contributed by atoms with E-state index in [0.717, 1.165) is 16.4 Å². The maximum Gasteiger partial charge on any atom is 0.255 e. The van der Waals surface area contributed by atoms with E-state index in [-0.39, 0.29) is 5.91 Å². The summed E-state index contributed by atoms with van der Waals surface area (Å²) in [5.74, 6) is -0.0457. The summed E-state index contributed by atoms with van der Waals surface area (Å²) in [4.78, 5) is 14.0. The second-order valence-corrected chi connectivity index (χ2v) is 5.77. The van der Waals surface area contributed by atoms with Crippen molar-refractivity contribution >= 4 is 40.1 Å². The van der Waals surface area contributed by atoms with E-state index in [9.17, 15) is 9.90 Å². The third kappa shape index (κ3) is 3.11. The van der Waals surface area contributed by atoms with Gasteiger partial charge in [0.1, 0.15) is 0 Å². The Balaban J connectivity index is 2.21. The molecule has 1 saturated heterocycles. The number of benzene rings is 1. The highest BCUT2D eigenvalue weighted by Crippen LogP contribution is 2.21. The number of amides is 1. The van der Waals surface area contributed by atoms with Crippen molar-refractivity contribution < 1.29 is 9.90 Å². The van der Waals surface area contributed by atoms with Gasteiger partial charge >= 0.3 is 0 Å². The van der Waals surface area contributed by atoms with Crippen molar-refractivity contribution in [3.63, 3.8) is 0 Å². The van der Waals surface area contributed by atoms with Crippen molar-refractivity contribution in [3.05, 3.63) is 32.4 Å². The van der Waals surface area contributed by atoms with Crippen LogP contribution in [0.4, 0.5) is 0 Å². The van der Waals surface area contributed by atoms with Crippen LogP contribution in [0.1, 0.15) is 23.2 Å². The summed E-state index contributed by atoms with van der Waals surface area (Å²) in [5.41, 5.74) is 0.618. The zero-order chi connectivity index (χ0) is 12.4. The number of carbonyl (C=O) groups is 1. The number of halogens is 2. The summed E-state index contributed by atoms with van der Waals surface area (Å²) in [5, 5.41) is 10.1. The topological polar surface area (TPSA) is 40.5 Å². The molecule has 92 valence electrons. The Hall–Kier alpha value is -0.330. The molecule has 0 bridgehead atoms. The zero-order valence-corrected chi connectivity index (χ0v) is 12.1. The zero-order valence-electron chi connectivity index (χ0n) is 9.20. The number of likely N-dealkylation sites (tertiary alicyclic amines) is 1. The molecule has 5 heteroatoms. The summed E-state index contributed by atoms with van der Waals surface area (Å²) in [6.07, 6.45) is 1.23. The molecule has 1 fully saturated rings. The third-order valence-electron chi connectivity index (χ3n) is 2.84. The average molecular weight is 366 g/mol. The van der Waals surface area contributed by atoms with Crippen molar-refractivity contribution in [1.29, 1.82) is 0 Å². The van der Waals surface area contributed by atoms with E-state index in [2.05, 4.69) is 22.6 Å². The number of carbonyl (C=O) groups excluding carboxylic acids is 1.